The van der Waals surface area contributed by atoms with Crippen LogP contribution in [-0.2, 0) is 21.2 Å². The highest BCUT2D eigenvalue weighted by Crippen LogP contribution is 2.19. The number of sulfonamides is 1. The molecule has 0 unspecified atom stereocenters. The highest BCUT2D eigenvalue weighted by atomic mass is 32.2. The summed E-state index contributed by atoms with van der Waals surface area (Å²) >= 11 is 1.59. The fourth-order valence-corrected chi connectivity index (χ4v) is 4.30. The Balaban J connectivity index is 1.97. The van der Waals surface area contributed by atoms with Crippen molar-refractivity contribution in [2.45, 2.75) is 30.1 Å². The maximum absolute atomic E-state index is 12.4. The number of thioether (sulfide) groups is 1. The molecule has 26 heavy (non-hydrogen) atoms. The second-order valence-electron chi connectivity index (χ2n) is 5.71. The number of benzene rings is 2. The lowest BCUT2D eigenvalue weighted by molar-refractivity contribution is 0.0599. The summed E-state index contributed by atoms with van der Waals surface area (Å²) in [5.41, 5.74) is 2.19. The second kappa shape index (κ2) is 9.21. The van der Waals surface area contributed by atoms with Crippen LogP contribution in [-0.4, -0.2) is 33.8 Å². The molecule has 5 nitrogen and oxygen atoms in total. The molecule has 0 atom stereocenters. The van der Waals surface area contributed by atoms with Crippen LogP contribution < -0.4 is 4.72 Å². The van der Waals surface area contributed by atoms with Crippen LogP contribution in [0.1, 0.15) is 28.4 Å². The second-order valence-corrected chi connectivity index (χ2v) is 8.65. The van der Waals surface area contributed by atoms with Gasteiger partial charge in [0.25, 0.3) is 0 Å². The number of ether oxygens (including phenoxy) is 1. The Hall–Kier alpha value is -1.83. The number of hydrogen-bond donors (Lipinski definition) is 1. The number of methoxy groups -OCH3 is 1. The van der Waals surface area contributed by atoms with E-state index < -0.39 is 16.0 Å². The van der Waals surface area contributed by atoms with E-state index in [2.05, 4.69) is 23.8 Å². The van der Waals surface area contributed by atoms with E-state index >= 15 is 0 Å². The smallest absolute Gasteiger partial charge is 0.338 e. The fraction of sp³-hybridized carbons (Fsp3) is 0.316. The first-order valence-electron chi connectivity index (χ1n) is 8.27. The quantitative estimate of drug-likeness (QED) is 0.423. The Labute approximate surface area is 159 Å². The molecule has 7 heteroatoms. The van der Waals surface area contributed by atoms with Crippen LogP contribution >= 0.6 is 11.8 Å². The van der Waals surface area contributed by atoms with Crippen molar-refractivity contribution in [2.24, 2.45) is 0 Å². The maximum Gasteiger partial charge on any atom is 0.338 e. The van der Waals surface area contributed by atoms with Gasteiger partial charge < -0.3 is 4.74 Å². The molecule has 2 rings (SSSR count). The lowest BCUT2D eigenvalue weighted by Crippen LogP contribution is -2.26. The normalized spacial score (nSPS) is 11.3. The van der Waals surface area contributed by atoms with Crippen molar-refractivity contribution in [3.05, 3.63) is 59.2 Å². The Morgan fingerprint density at radius 2 is 1.85 bits per heavy atom. The lowest BCUT2D eigenvalue weighted by atomic mass is 10.1. The van der Waals surface area contributed by atoms with Crippen molar-refractivity contribution < 1.29 is 17.9 Å². The van der Waals surface area contributed by atoms with Crippen molar-refractivity contribution in [1.82, 2.24) is 4.72 Å². The molecule has 2 aromatic carbocycles. The number of carbonyl (C=O) groups excluding carboxylic acids is 1. The van der Waals surface area contributed by atoms with Gasteiger partial charge in [0.2, 0.25) is 10.0 Å². The van der Waals surface area contributed by atoms with Crippen LogP contribution in [0.5, 0.6) is 0 Å². The molecule has 0 aliphatic heterocycles. The van der Waals surface area contributed by atoms with Gasteiger partial charge in [0.15, 0.2) is 0 Å². The van der Waals surface area contributed by atoms with E-state index in [0.29, 0.717) is 17.9 Å². The van der Waals surface area contributed by atoms with Gasteiger partial charge in [0.1, 0.15) is 0 Å². The molecule has 0 heterocycles. The van der Waals surface area contributed by atoms with E-state index in [1.807, 2.05) is 12.1 Å². The van der Waals surface area contributed by atoms with Crippen molar-refractivity contribution in [3.63, 3.8) is 0 Å². The molecule has 0 fully saturated rings. The van der Waals surface area contributed by atoms with Crippen LogP contribution in [0.4, 0.5) is 0 Å². The van der Waals surface area contributed by atoms with Crippen LogP contribution in [0.2, 0.25) is 0 Å². The van der Waals surface area contributed by atoms with Crippen LogP contribution in [0.3, 0.4) is 0 Å². The summed E-state index contributed by atoms with van der Waals surface area (Å²) in [6.45, 7) is 4.13. The molecule has 0 spiro atoms. The third kappa shape index (κ3) is 5.33. The van der Waals surface area contributed by atoms with Crippen molar-refractivity contribution in [3.8, 4) is 0 Å². The van der Waals surface area contributed by atoms with Crippen LogP contribution in [0.25, 0.3) is 0 Å². The number of rotatable bonds is 8. The average Bonchev–Trinajstić information content (AvgIpc) is 2.65. The number of hydrogen-bond acceptors (Lipinski definition) is 5. The Kier molecular flexibility index (Phi) is 7.25. The van der Waals surface area contributed by atoms with Crippen molar-refractivity contribution in [1.29, 1.82) is 0 Å². The minimum atomic E-state index is -3.68. The van der Waals surface area contributed by atoms with E-state index in [1.165, 1.54) is 24.8 Å². The molecule has 0 saturated heterocycles. The van der Waals surface area contributed by atoms with Gasteiger partial charge in [0, 0.05) is 17.2 Å². The van der Waals surface area contributed by atoms with E-state index in [0.717, 1.165) is 11.3 Å². The predicted octanol–water partition coefficient (Wildman–Crippen LogP) is 3.41. The molecular weight excluding hydrogens is 370 g/mol. The molecule has 0 aliphatic rings. The van der Waals surface area contributed by atoms with E-state index in [1.54, 1.807) is 24.8 Å². The Morgan fingerprint density at radius 3 is 2.46 bits per heavy atom. The molecule has 0 amide bonds. The maximum atomic E-state index is 12.4. The first-order chi connectivity index (χ1) is 12.4. The van der Waals surface area contributed by atoms with Gasteiger partial charge in [-0.2, -0.15) is 0 Å². The molecule has 2 aromatic rings. The molecular formula is C19H23NO4S2. The summed E-state index contributed by atoms with van der Waals surface area (Å²) in [7, 11) is -2.41. The van der Waals surface area contributed by atoms with Gasteiger partial charge in [-0.05, 0) is 48.7 Å². The van der Waals surface area contributed by atoms with Crippen LogP contribution in [0, 0.1) is 6.92 Å². The zero-order chi connectivity index (χ0) is 19.2. The van der Waals surface area contributed by atoms with Crippen LogP contribution in [0.15, 0.2) is 52.3 Å². The van der Waals surface area contributed by atoms with Gasteiger partial charge >= 0.3 is 5.97 Å². The van der Waals surface area contributed by atoms with Crippen molar-refractivity contribution >= 4 is 27.8 Å². The minimum absolute atomic E-state index is 0.0563. The van der Waals surface area contributed by atoms with E-state index in [9.17, 15) is 13.2 Å². The van der Waals surface area contributed by atoms with Gasteiger partial charge in [-0.15, -0.1) is 11.8 Å². The molecule has 0 bridgehead atoms. The van der Waals surface area contributed by atoms with Gasteiger partial charge in [-0.3, -0.25) is 0 Å². The topological polar surface area (TPSA) is 72.5 Å². The molecule has 0 aromatic heterocycles. The lowest BCUT2D eigenvalue weighted by Gasteiger charge is -2.10. The number of esters is 1. The number of aryl methyl sites for hydroxylation is 2. The molecule has 140 valence electrons. The number of nitrogens with one attached hydrogen (secondary N) is 1. The average molecular weight is 394 g/mol. The molecule has 0 radical (unpaired) electrons. The van der Waals surface area contributed by atoms with Gasteiger partial charge in [0.05, 0.1) is 17.6 Å². The number of carbonyl (C=O) groups is 1. The summed E-state index contributed by atoms with van der Waals surface area (Å²) < 4.78 is 32.1. The molecule has 1 N–H and O–H groups in total. The first-order valence-corrected chi connectivity index (χ1v) is 10.7. The highest BCUT2D eigenvalue weighted by molar-refractivity contribution is 7.99. The SMILES string of the molecule is CCc1ccc(SCCNS(=O)(=O)c2ccc(C)c(C(=O)OC)c2)cc1. The zero-order valence-corrected chi connectivity index (χ0v) is 16.7. The minimum Gasteiger partial charge on any atom is -0.465 e. The fourth-order valence-electron chi connectivity index (χ4n) is 2.35. The first kappa shape index (κ1) is 20.5. The monoisotopic (exact) mass is 393 g/mol. The standard InChI is InChI=1S/C19H23NO4S2/c1-4-15-6-8-16(9-7-15)25-12-11-20-26(22,23)17-10-5-14(2)18(13-17)19(21)24-3/h5-10,13,20H,4,11-12H2,1-3H3. The highest BCUT2D eigenvalue weighted by Gasteiger charge is 2.18. The predicted molar refractivity (Wildman–Crippen MR) is 104 cm³/mol. The summed E-state index contributed by atoms with van der Waals surface area (Å²) in [6.07, 6.45) is 0.995. The van der Waals surface area contributed by atoms with E-state index in [-0.39, 0.29) is 10.5 Å². The van der Waals surface area contributed by atoms with Crippen molar-refractivity contribution in [2.75, 3.05) is 19.4 Å². The van der Waals surface area contributed by atoms with Gasteiger partial charge in [-0.25, -0.2) is 17.9 Å². The Bertz CT molecular complexity index is 862. The zero-order valence-electron chi connectivity index (χ0n) is 15.1. The van der Waals surface area contributed by atoms with E-state index in [4.69, 9.17) is 4.74 Å². The van der Waals surface area contributed by atoms with Gasteiger partial charge in [-0.1, -0.05) is 25.1 Å². The largest absolute Gasteiger partial charge is 0.465 e. The third-order valence-corrected chi connectivity index (χ3v) is 6.39. The summed E-state index contributed by atoms with van der Waals surface area (Å²) in [5, 5.41) is 0. The molecule has 0 aliphatic carbocycles. The summed E-state index contributed by atoms with van der Waals surface area (Å²) in [6, 6.07) is 12.7. The summed E-state index contributed by atoms with van der Waals surface area (Å²) in [4.78, 5) is 12.9. The Morgan fingerprint density at radius 1 is 1.15 bits per heavy atom. The third-order valence-electron chi connectivity index (χ3n) is 3.92. The molecule has 0 saturated carbocycles. The summed E-state index contributed by atoms with van der Waals surface area (Å²) in [5.74, 6) is 0.0612.